The highest BCUT2D eigenvalue weighted by Crippen LogP contribution is 2.37. The van der Waals surface area contributed by atoms with Crippen LogP contribution in [0.5, 0.6) is 0 Å². The molecule has 0 aliphatic rings. The molecule has 108 valence electrons. The standard InChI is InChI=1S/C15H22N4S/c1-5-13(16)14(12-8-6-7-10(2)9-12)20-15-18-17-11(3)19(15)4/h6-9,13-14H,5,16H2,1-4H3. The van der Waals surface area contributed by atoms with Gasteiger partial charge in [-0.1, -0.05) is 48.5 Å². The van der Waals surface area contributed by atoms with Crippen molar-refractivity contribution in [2.45, 2.75) is 43.6 Å². The van der Waals surface area contributed by atoms with Crippen molar-refractivity contribution in [1.82, 2.24) is 14.8 Å². The Balaban J connectivity index is 2.31. The van der Waals surface area contributed by atoms with Gasteiger partial charge in [0.15, 0.2) is 5.16 Å². The molecular formula is C15H22N4S. The molecule has 4 nitrogen and oxygen atoms in total. The first-order chi connectivity index (χ1) is 9.52. The van der Waals surface area contributed by atoms with E-state index in [0.717, 1.165) is 17.4 Å². The maximum absolute atomic E-state index is 6.33. The van der Waals surface area contributed by atoms with E-state index in [4.69, 9.17) is 5.73 Å². The minimum absolute atomic E-state index is 0.0961. The van der Waals surface area contributed by atoms with E-state index in [1.807, 2.05) is 18.5 Å². The second-order valence-electron chi connectivity index (χ2n) is 5.11. The van der Waals surface area contributed by atoms with Crippen LogP contribution in [0.2, 0.25) is 0 Å². The SMILES string of the molecule is CCC(N)C(Sc1nnc(C)n1C)c1cccc(C)c1. The fraction of sp³-hybridized carbons (Fsp3) is 0.467. The second kappa shape index (κ2) is 6.41. The Morgan fingerprint density at radius 3 is 2.60 bits per heavy atom. The molecule has 0 amide bonds. The number of hydrogen-bond donors (Lipinski definition) is 1. The molecule has 2 unspecified atom stereocenters. The highest BCUT2D eigenvalue weighted by Gasteiger charge is 2.22. The van der Waals surface area contributed by atoms with Gasteiger partial charge in [-0.2, -0.15) is 0 Å². The third kappa shape index (κ3) is 3.22. The molecule has 0 fully saturated rings. The summed E-state index contributed by atoms with van der Waals surface area (Å²) in [6, 6.07) is 8.64. The Kier molecular flexibility index (Phi) is 4.83. The first-order valence-electron chi connectivity index (χ1n) is 6.87. The van der Waals surface area contributed by atoms with Crippen LogP contribution >= 0.6 is 11.8 Å². The smallest absolute Gasteiger partial charge is 0.191 e. The summed E-state index contributed by atoms with van der Waals surface area (Å²) in [6.45, 7) is 6.18. The van der Waals surface area contributed by atoms with E-state index in [1.165, 1.54) is 11.1 Å². The molecule has 0 saturated carbocycles. The highest BCUT2D eigenvalue weighted by molar-refractivity contribution is 7.99. The number of aryl methyl sites for hydroxylation is 2. The molecule has 0 aliphatic carbocycles. The summed E-state index contributed by atoms with van der Waals surface area (Å²) < 4.78 is 2.01. The molecule has 2 N–H and O–H groups in total. The van der Waals surface area contributed by atoms with Gasteiger partial charge < -0.3 is 10.3 Å². The molecule has 0 bridgehead atoms. The van der Waals surface area contributed by atoms with Crippen LogP contribution in [0.15, 0.2) is 29.4 Å². The van der Waals surface area contributed by atoms with Crippen LogP contribution in [-0.2, 0) is 7.05 Å². The Morgan fingerprint density at radius 2 is 2.05 bits per heavy atom. The molecule has 0 saturated heterocycles. The summed E-state index contributed by atoms with van der Waals surface area (Å²) in [4.78, 5) is 0. The molecule has 0 radical (unpaired) electrons. The van der Waals surface area contributed by atoms with Gasteiger partial charge in [0.25, 0.3) is 0 Å². The van der Waals surface area contributed by atoms with E-state index < -0.39 is 0 Å². The summed E-state index contributed by atoms with van der Waals surface area (Å²) >= 11 is 1.69. The van der Waals surface area contributed by atoms with E-state index in [1.54, 1.807) is 11.8 Å². The van der Waals surface area contributed by atoms with Crippen LogP contribution < -0.4 is 5.73 Å². The Bertz CT molecular complexity index is 579. The van der Waals surface area contributed by atoms with Crippen molar-refractivity contribution >= 4 is 11.8 Å². The maximum Gasteiger partial charge on any atom is 0.191 e. The number of thioether (sulfide) groups is 1. The predicted molar refractivity (Wildman–Crippen MR) is 83.8 cm³/mol. The number of rotatable bonds is 5. The number of nitrogens with two attached hydrogens (primary N) is 1. The highest BCUT2D eigenvalue weighted by atomic mass is 32.2. The lowest BCUT2D eigenvalue weighted by molar-refractivity contribution is 0.629. The number of benzene rings is 1. The molecule has 0 aliphatic heterocycles. The van der Waals surface area contributed by atoms with Gasteiger partial charge in [-0.25, -0.2) is 0 Å². The zero-order valence-corrected chi connectivity index (χ0v) is 13.3. The lowest BCUT2D eigenvalue weighted by Gasteiger charge is -2.22. The first-order valence-corrected chi connectivity index (χ1v) is 7.75. The van der Waals surface area contributed by atoms with Crippen molar-refractivity contribution in [3.63, 3.8) is 0 Å². The molecule has 1 aromatic heterocycles. The van der Waals surface area contributed by atoms with Gasteiger partial charge in [-0.3, -0.25) is 0 Å². The van der Waals surface area contributed by atoms with Crippen LogP contribution in [0.1, 0.15) is 35.5 Å². The molecule has 1 heterocycles. The molecule has 5 heteroatoms. The summed E-state index contributed by atoms with van der Waals surface area (Å²) in [5, 5.41) is 9.47. The zero-order chi connectivity index (χ0) is 14.7. The van der Waals surface area contributed by atoms with Crippen molar-refractivity contribution in [3.05, 3.63) is 41.2 Å². The second-order valence-corrected chi connectivity index (χ2v) is 6.22. The Hall–Kier alpha value is -1.33. The van der Waals surface area contributed by atoms with Crippen LogP contribution in [-0.4, -0.2) is 20.8 Å². The largest absolute Gasteiger partial charge is 0.326 e. The van der Waals surface area contributed by atoms with Gasteiger partial charge in [-0.05, 0) is 25.8 Å². The van der Waals surface area contributed by atoms with Gasteiger partial charge in [-0.15, -0.1) is 10.2 Å². The summed E-state index contributed by atoms with van der Waals surface area (Å²) in [5.41, 5.74) is 8.84. The fourth-order valence-electron chi connectivity index (χ4n) is 2.07. The minimum Gasteiger partial charge on any atom is -0.326 e. The number of aromatic nitrogens is 3. The van der Waals surface area contributed by atoms with Crippen LogP contribution in [0.25, 0.3) is 0 Å². The molecule has 0 spiro atoms. The van der Waals surface area contributed by atoms with E-state index >= 15 is 0 Å². The van der Waals surface area contributed by atoms with Crippen LogP contribution in [0.4, 0.5) is 0 Å². The summed E-state index contributed by atoms with van der Waals surface area (Å²) in [7, 11) is 1.99. The van der Waals surface area contributed by atoms with Crippen molar-refractivity contribution < 1.29 is 0 Å². The first kappa shape index (κ1) is 15.1. The third-order valence-electron chi connectivity index (χ3n) is 3.52. The number of hydrogen-bond acceptors (Lipinski definition) is 4. The molecule has 2 aromatic rings. The summed E-state index contributed by atoms with van der Waals surface area (Å²) in [5.74, 6) is 0.917. The quantitative estimate of drug-likeness (QED) is 0.860. The minimum atomic E-state index is 0.0961. The van der Waals surface area contributed by atoms with E-state index in [-0.39, 0.29) is 11.3 Å². The normalized spacial score (nSPS) is 14.2. The van der Waals surface area contributed by atoms with Gasteiger partial charge in [0, 0.05) is 13.1 Å². The monoisotopic (exact) mass is 290 g/mol. The zero-order valence-electron chi connectivity index (χ0n) is 12.5. The fourth-order valence-corrected chi connectivity index (χ4v) is 3.32. The Morgan fingerprint density at radius 1 is 1.30 bits per heavy atom. The number of nitrogens with zero attached hydrogens (tertiary/aromatic N) is 3. The van der Waals surface area contributed by atoms with E-state index in [9.17, 15) is 0 Å². The van der Waals surface area contributed by atoms with Gasteiger partial charge in [0.05, 0.1) is 5.25 Å². The van der Waals surface area contributed by atoms with Crippen molar-refractivity contribution in [2.24, 2.45) is 12.8 Å². The lowest BCUT2D eigenvalue weighted by atomic mass is 10.0. The van der Waals surface area contributed by atoms with Crippen LogP contribution in [0.3, 0.4) is 0 Å². The molecule has 20 heavy (non-hydrogen) atoms. The Labute approximate surface area is 124 Å². The van der Waals surface area contributed by atoms with Gasteiger partial charge in [0.1, 0.15) is 5.82 Å². The molecule has 2 rings (SSSR count). The molecule has 2 atom stereocenters. The van der Waals surface area contributed by atoms with Crippen LogP contribution in [0, 0.1) is 13.8 Å². The average Bonchev–Trinajstić information content (AvgIpc) is 2.75. The van der Waals surface area contributed by atoms with E-state index in [0.29, 0.717) is 0 Å². The van der Waals surface area contributed by atoms with Crippen molar-refractivity contribution in [1.29, 1.82) is 0 Å². The molecule has 1 aromatic carbocycles. The average molecular weight is 290 g/mol. The maximum atomic E-state index is 6.33. The van der Waals surface area contributed by atoms with E-state index in [2.05, 4.69) is 48.3 Å². The third-order valence-corrected chi connectivity index (χ3v) is 4.96. The van der Waals surface area contributed by atoms with Gasteiger partial charge >= 0.3 is 0 Å². The van der Waals surface area contributed by atoms with Crippen molar-refractivity contribution in [2.75, 3.05) is 0 Å². The van der Waals surface area contributed by atoms with Gasteiger partial charge in [0.2, 0.25) is 0 Å². The lowest BCUT2D eigenvalue weighted by Crippen LogP contribution is -2.26. The topological polar surface area (TPSA) is 56.7 Å². The summed E-state index contributed by atoms with van der Waals surface area (Å²) in [6.07, 6.45) is 0.933. The predicted octanol–water partition coefficient (Wildman–Crippen LogP) is 3.00. The van der Waals surface area contributed by atoms with Crippen molar-refractivity contribution in [3.8, 4) is 0 Å². The molecular weight excluding hydrogens is 268 g/mol.